The third-order valence-electron chi connectivity index (χ3n) is 3.13. The molecular weight excluding hydrogens is 299 g/mol. The lowest BCUT2D eigenvalue weighted by Crippen LogP contribution is -2.05. The maximum atomic E-state index is 12.8. The zero-order chi connectivity index (χ0) is 16.3. The maximum Gasteiger partial charge on any atom is 0.416 e. The Bertz CT molecular complexity index is 650. The zero-order valence-electron chi connectivity index (χ0n) is 12.1. The number of furan rings is 1. The van der Waals surface area contributed by atoms with Gasteiger partial charge in [-0.05, 0) is 17.7 Å². The summed E-state index contributed by atoms with van der Waals surface area (Å²) in [7, 11) is 1.46. The largest absolute Gasteiger partial charge is 0.504 e. The molecule has 22 heavy (non-hydrogen) atoms. The molecule has 0 bridgehead atoms. The molecule has 7 heteroatoms. The van der Waals surface area contributed by atoms with Crippen LogP contribution in [0.3, 0.4) is 0 Å². The van der Waals surface area contributed by atoms with Gasteiger partial charge in [0.15, 0.2) is 5.75 Å². The van der Waals surface area contributed by atoms with Crippen molar-refractivity contribution in [2.24, 2.45) is 0 Å². The average Bonchev–Trinajstić information content (AvgIpc) is 2.80. The number of anilines is 1. The van der Waals surface area contributed by atoms with Crippen molar-refractivity contribution in [3.8, 4) is 16.9 Å². The number of rotatable bonds is 5. The van der Waals surface area contributed by atoms with Crippen molar-refractivity contribution < 1.29 is 27.4 Å². The van der Waals surface area contributed by atoms with Gasteiger partial charge in [0, 0.05) is 13.5 Å². The number of methoxy groups -OCH3 is 1. The Hall–Kier alpha value is -2.15. The lowest BCUT2D eigenvalue weighted by Gasteiger charge is -2.09. The average molecular weight is 315 g/mol. The highest BCUT2D eigenvalue weighted by atomic mass is 19.4. The Morgan fingerprint density at radius 3 is 2.64 bits per heavy atom. The van der Waals surface area contributed by atoms with Gasteiger partial charge in [0.05, 0.1) is 11.1 Å². The van der Waals surface area contributed by atoms with Crippen LogP contribution in [-0.4, -0.2) is 18.9 Å². The van der Waals surface area contributed by atoms with E-state index in [1.165, 1.54) is 19.2 Å². The first-order valence-electron chi connectivity index (χ1n) is 6.63. The van der Waals surface area contributed by atoms with E-state index in [0.29, 0.717) is 12.2 Å². The molecule has 2 rings (SSSR count). The van der Waals surface area contributed by atoms with Crippen LogP contribution in [0.25, 0.3) is 11.1 Å². The van der Waals surface area contributed by atoms with Gasteiger partial charge in [-0.3, -0.25) is 0 Å². The Morgan fingerprint density at radius 2 is 2.05 bits per heavy atom. The third kappa shape index (κ3) is 3.19. The van der Waals surface area contributed by atoms with Crippen molar-refractivity contribution in [1.82, 2.24) is 0 Å². The van der Waals surface area contributed by atoms with Crippen molar-refractivity contribution in [3.05, 3.63) is 35.6 Å². The number of nitrogens with one attached hydrogen (secondary N) is 1. The number of aromatic hydroxyl groups is 1. The predicted molar refractivity (Wildman–Crippen MR) is 75.7 cm³/mol. The molecule has 0 amide bonds. The minimum atomic E-state index is -4.46. The summed E-state index contributed by atoms with van der Waals surface area (Å²) in [6, 6.07) is 4.72. The van der Waals surface area contributed by atoms with Gasteiger partial charge in [0.25, 0.3) is 0 Å². The van der Waals surface area contributed by atoms with Gasteiger partial charge < -0.3 is 19.6 Å². The number of hydrogen-bond acceptors (Lipinski definition) is 4. The van der Waals surface area contributed by atoms with E-state index in [-0.39, 0.29) is 29.5 Å². The molecule has 0 unspecified atom stereocenters. The minimum Gasteiger partial charge on any atom is -0.504 e. The van der Waals surface area contributed by atoms with Crippen LogP contribution < -0.4 is 5.32 Å². The summed E-state index contributed by atoms with van der Waals surface area (Å²) in [4.78, 5) is 0. The van der Waals surface area contributed by atoms with Gasteiger partial charge in [0.1, 0.15) is 12.5 Å². The minimum absolute atomic E-state index is 0.0993. The van der Waals surface area contributed by atoms with E-state index in [1.54, 1.807) is 6.92 Å². The molecule has 0 aliphatic rings. The zero-order valence-corrected chi connectivity index (χ0v) is 12.1. The molecule has 1 aromatic heterocycles. The second-order valence-corrected chi connectivity index (χ2v) is 4.62. The van der Waals surface area contributed by atoms with E-state index in [1.807, 2.05) is 0 Å². The first kappa shape index (κ1) is 16.2. The van der Waals surface area contributed by atoms with E-state index in [2.05, 4.69) is 5.32 Å². The predicted octanol–water partition coefficient (Wildman–Crippen LogP) is 4.25. The normalized spacial score (nSPS) is 11.7. The number of benzene rings is 1. The van der Waals surface area contributed by atoms with Crippen LogP contribution in [0.15, 0.2) is 28.7 Å². The first-order valence-corrected chi connectivity index (χ1v) is 6.63. The molecule has 120 valence electrons. The number of halogens is 3. The summed E-state index contributed by atoms with van der Waals surface area (Å²) in [6.07, 6.45) is -4.05. The van der Waals surface area contributed by atoms with Gasteiger partial charge in [-0.1, -0.05) is 19.1 Å². The second kappa shape index (κ2) is 6.31. The van der Waals surface area contributed by atoms with Crippen LogP contribution in [0.1, 0.15) is 18.2 Å². The SMILES string of the molecule is CCc1oc(NCOC)c(-c2cccc(C(F)(F)F)c2)c1O. The Labute approximate surface area is 125 Å². The van der Waals surface area contributed by atoms with E-state index in [0.717, 1.165) is 12.1 Å². The molecule has 0 spiro atoms. The Balaban J connectivity index is 2.53. The molecule has 2 N–H and O–H groups in total. The fourth-order valence-corrected chi connectivity index (χ4v) is 2.09. The van der Waals surface area contributed by atoms with Crippen molar-refractivity contribution in [3.63, 3.8) is 0 Å². The van der Waals surface area contributed by atoms with Crippen LogP contribution in [0.4, 0.5) is 19.1 Å². The van der Waals surface area contributed by atoms with Crippen LogP contribution in [0.2, 0.25) is 0 Å². The summed E-state index contributed by atoms with van der Waals surface area (Å²) < 4.78 is 48.8. The monoisotopic (exact) mass is 315 g/mol. The Morgan fingerprint density at radius 1 is 1.32 bits per heavy atom. The van der Waals surface area contributed by atoms with Crippen molar-refractivity contribution in [1.29, 1.82) is 0 Å². The standard InChI is InChI=1S/C15H16F3NO3/c1-3-11-13(20)12(14(22-11)19-8-21-2)9-5-4-6-10(7-9)15(16,17)18/h4-7,19-20H,3,8H2,1-2H3. The summed E-state index contributed by atoms with van der Waals surface area (Å²) in [5, 5.41) is 13.0. The molecule has 2 aromatic rings. The van der Waals surface area contributed by atoms with E-state index < -0.39 is 11.7 Å². The topological polar surface area (TPSA) is 54.6 Å². The molecule has 0 saturated heterocycles. The number of aryl methyl sites for hydroxylation is 1. The highest BCUT2D eigenvalue weighted by Gasteiger charge is 2.31. The number of hydrogen-bond donors (Lipinski definition) is 2. The highest BCUT2D eigenvalue weighted by Crippen LogP contribution is 2.43. The summed E-state index contributed by atoms with van der Waals surface area (Å²) in [5.41, 5.74) is -0.379. The van der Waals surface area contributed by atoms with Gasteiger partial charge in [-0.2, -0.15) is 13.2 Å². The fraction of sp³-hybridized carbons (Fsp3) is 0.333. The van der Waals surface area contributed by atoms with E-state index in [4.69, 9.17) is 9.15 Å². The van der Waals surface area contributed by atoms with Crippen LogP contribution >= 0.6 is 0 Å². The quantitative estimate of drug-likeness (QED) is 0.810. The first-order chi connectivity index (χ1) is 10.4. The third-order valence-corrected chi connectivity index (χ3v) is 3.13. The second-order valence-electron chi connectivity index (χ2n) is 4.62. The molecule has 1 aromatic carbocycles. The molecule has 0 aliphatic heterocycles. The van der Waals surface area contributed by atoms with Crippen LogP contribution in [-0.2, 0) is 17.3 Å². The molecular formula is C15H16F3NO3. The fourth-order valence-electron chi connectivity index (χ4n) is 2.09. The molecule has 0 atom stereocenters. The van der Waals surface area contributed by atoms with Gasteiger partial charge >= 0.3 is 6.18 Å². The number of ether oxygens (including phenoxy) is 1. The van der Waals surface area contributed by atoms with Gasteiger partial charge in [-0.25, -0.2) is 0 Å². The lowest BCUT2D eigenvalue weighted by molar-refractivity contribution is -0.137. The Kier molecular flexibility index (Phi) is 4.65. The summed E-state index contributed by atoms with van der Waals surface area (Å²) in [5.74, 6) is 0.307. The van der Waals surface area contributed by atoms with Crippen molar-refractivity contribution in [2.75, 3.05) is 19.2 Å². The molecule has 4 nitrogen and oxygen atoms in total. The summed E-state index contributed by atoms with van der Waals surface area (Å²) >= 11 is 0. The molecule has 0 fully saturated rings. The smallest absolute Gasteiger partial charge is 0.416 e. The number of alkyl halides is 3. The molecule has 1 heterocycles. The molecule has 0 aliphatic carbocycles. The van der Waals surface area contributed by atoms with Crippen molar-refractivity contribution >= 4 is 5.88 Å². The molecule has 0 radical (unpaired) electrons. The van der Waals surface area contributed by atoms with Crippen LogP contribution in [0.5, 0.6) is 5.75 Å². The molecule has 0 saturated carbocycles. The van der Waals surface area contributed by atoms with Gasteiger partial charge in [-0.15, -0.1) is 0 Å². The van der Waals surface area contributed by atoms with Crippen LogP contribution in [0, 0.1) is 0 Å². The van der Waals surface area contributed by atoms with Crippen molar-refractivity contribution in [2.45, 2.75) is 19.5 Å². The maximum absolute atomic E-state index is 12.8. The van der Waals surface area contributed by atoms with E-state index in [9.17, 15) is 18.3 Å². The highest BCUT2D eigenvalue weighted by molar-refractivity contribution is 5.81. The lowest BCUT2D eigenvalue weighted by atomic mass is 10.0. The van der Waals surface area contributed by atoms with Gasteiger partial charge in [0.2, 0.25) is 5.88 Å². The summed E-state index contributed by atoms with van der Waals surface area (Å²) in [6.45, 7) is 1.87. The van der Waals surface area contributed by atoms with E-state index >= 15 is 0 Å².